The highest BCUT2D eigenvalue weighted by Gasteiger charge is 2.18. The van der Waals surface area contributed by atoms with Gasteiger partial charge in [-0.25, -0.2) is 0 Å². The number of hydrogen-bond donors (Lipinski definition) is 0. The van der Waals surface area contributed by atoms with Crippen LogP contribution >= 0.6 is 0 Å². The van der Waals surface area contributed by atoms with Crippen LogP contribution < -0.4 is 19.8 Å². The SMILES string of the molecule is COc1ccc2c3cc4c(cc3c(=O)n(C)c2c1)OCO4. The third-order valence-electron chi connectivity index (χ3n) is 3.90. The Kier molecular flexibility index (Phi) is 2.39. The van der Waals surface area contributed by atoms with Crippen molar-refractivity contribution >= 4 is 21.7 Å². The van der Waals surface area contributed by atoms with Gasteiger partial charge >= 0.3 is 0 Å². The fourth-order valence-electron chi connectivity index (χ4n) is 2.78. The monoisotopic (exact) mass is 283 g/mol. The van der Waals surface area contributed by atoms with Crippen molar-refractivity contribution in [1.29, 1.82) is 0 Å². The summed E-state index contributed by atoms with van der Waals surface area (Å²) < 4.78 is 17.6. The Morgan fingerprint density at radius 3 is 2.48 bits per heavy atom. The quantitative estimate of drug-likeness (QED) is 0.644. The molecule has 0 fully saturated rings. The first-order valence-electron chi connectivity index (χ1n) is 6.59. The maximum absolute atomic E-state index is 12.6. The highest BCUT2D eigenvalue weighted by atomic mass is 16.7. The van der Waals surface area contributed by atoms with Crippen LogP contribution in [0.25, 0.3) is 21.7 Å². The van der Waals surface area contributed by atoms with E-state index in [0.717, 1.165) is 22.0 Å². The zero-order valence-corrected chi connectivity index (χ0v) is 11.7. The van der Waals surface area contributed by atoms with E-state index in [9.17, 15) is 4.79 Å². The largest absolute Gasteiger partial charge is 0.497 e. The minimum Gasteiger partial charge on any atom is -0.497 e. The lowest BCUT2D eigenvalue weighted by molar-refractivity contribution is 0.174. The van der Waals surface area contributed by atoms with E-state index < -0.39 is 0 Å². The molecule has 0 amide bonds. The Labute approximate surface area is 120 Å². The normalized spacial score (nSPS) is 13.0. The summed E-state index contributed by atoms with van der Waals surface area (Å²) in [6.45, 7) is 0.192. The first-order chi connectivity index (χ1) is 10.2. The lowest BCUT2D eigenvalue weighted by Gasteiger charge is -2.11. The molecule has 0 unspecified atom stereocenters. The molecule has 5 heteroatoms. The molecular weight excluding hydrogens is 270 g/mol. The molecule has 0 saturated heterocycles. The van der Waals surface area contributed by atoms with Gasteiger partial charge in [0, 0.05) is 23.9 Å². The lowest BCUT2D eigenvalue weighted by atomic mass is 10.0. The molecule has 2 aromatic carbocycles. The Hall–Kier alpha value is -2.69. The molecule has 5 nitrogen and oxygen atoms in total. The number of nitrogens with zero attached hydrogens (tertiary/aromatic N) is 1. The Morgan fingerprint density at radius 2 is 1.76 bits per heavy atom. The maximum atomic E-state index is 12.6. The number of ether oxygens (including phenoxy) is 3. The molecule has 0 N–H and O–H groups in total. The molecule has 0 bridgehead atoms. The third kappa shape index (κ3) is 1.60. The van der Waals surface area contributed by atoms with E-state index in [-0.39, 0.29) is 12.4 Å². The second-order valence-electron chi connectivity index (χ2n) is 5.00. The Bertz CT molecular complexity index is 943. The van der Waals surface area contributed by atoms with Crippen LogP contribution in [-0.2, 0) is 7.05 Å². The van der Waals surface area contributed by atoms with E-state index in [4.69, 9.17) is 14.2 Å². The minimum absolute atomic E-state index is 0.0657. The van der Waals surface area contributed by atoms with Gasteiger partial charge in [-0.2, -0.15) is 0 Å². The lowest BCUT2D eigenvalue weighted by Crippen LogP contribution is -2.17. The van der Waals surface area contributed by atoms with Gasteiger partial charge in [0.2, 0.25) is 6.79 Å². The number of pyridine rings is 1. The molecule has 0 saturated carbocycles. The smallest absolute Gasteiger partial charge is 0.258 e. The number of methoxy groups -OCH3 is 1. The van der Waals surface area contributed by atoms with Crippen LogP contribution in [0.15, 0.2) is 35.1 Å². The second-order valence-corrected chi connectivity index (χ2v) is 5.00. The van der Waals surface area contributed by atoms with E-state index in [2.05, 4.69) is 0 Å². The summed E-state index contributed by atoms with van der Waals surface area (Å²) in [7, 11) is 3.37. The Morgan fingerprint density at radius 1 is 1.05 bits per heavy atom. The molecule has 4 rings (SSSR count). The van der Waals surface area contributed by atoms with Gasteiger partial charge in [-0.3, -0.25) is 4.79 Å². The van der Waals surface area contributed by atoms with E-state index in [0.29, 0.717) is 16.9 Å². The van der Waals surface area contributed by atoms with Gasteiger partial charge in [-0.15, -0.1) is 0 Å². The van der Waals surface area contributed by atoms with Gasteiger partial charge < -0.3 is 18.8 Å². The second kappa shape index (κ2) is 4.15. The number of rotatable bonds is 1. The predicted molar refractivity (Wildman–Crippen MR) is 79.4 cm³/mol. The van der Waals surface area contributed by atoms with Crippen molar-refractivity contribution in [3.63, 3.8) is 0 Å². The van der Waals surface area contributed by atoms with E-state index in [1.807, 2.05) is 24.3 Å². The van der Waals surface area contributed by atoms with Crippen molar-refractivity contribution in [2.45, 2.75) is 0 Å². The number of aromatic nitrogens is 1. The summed E-state index contributed by atoms with van der Waals surface area (Å²) >= 11 is 0. The highest BCUT2D eigenvalue weighted by Crippen LogP contribution is 2.37. The van der Waals surface area contributed by atoms with Crippen LogP contribution in [0.3, 0.4) is 0 Å². The van der Waals surface area contributed by atoms with Gasteiger partial charge in [0.15, 0.2) is 11.5 Å². The number of aryl methyl sites for hydroxylation is 1. The topological polar surface area (TPSA) is 49.7 Å². The van der Waals surface area contributed by atoms with Crippen molar-refractivity contribution in [1.82, 2.24) is 4.57 Å². The van der Waals surface area contributed by atoms with Crippen molar-refractivity contribution in [2.24, 2.45) is 7.05 Å². The number of fused-ring (bicyclic) bond motifs is 4. The van der Waals surface area contributed by atoms with Crippen molar-refractivity contribution < 1.29 is 14.2 Å². The predicted octanol–water partition coefficient (Wildman–Crippen LogP) is 2.43. The molecule has 1 aliphatic heterocycles. The summed E-state index contributed by atoms with van der Waals surface area (Å²) in [6, 6.07) is 9.33. The summed E-state index contributed by atoms with van der Waals surface area (Å²) in [5, 5.41) is 2.46. The third-order valence-corrected chi connectivity index (χ3v) is 3.90. The molecule has 0 spiro atoms. The first-order valence-corrected chi connectivity index (χ1v) is 6.59. The standard InChI is InChI=1S/C16H13NO4/c1-17-13-5-9(19-2)3-4-10(13)11-6-14-15(21-8-20-14)7-12(11)16(17)18/h3-7H,8H2,1-2H3. The summed E-state index contributed by atoms with van der Waals surface area (Å²) in [5.74, 6) is 2.01. The molecule has 1 aromatic heterocycles. The van der Waals surface area contributed by atoms with Crippen molar-refractivity contribution in [3.05, 3.63) is 40.7 Å². The summed E-state index contributed by atoms with van der Waals surface area (Å²) in [4.78, 5) is 12.6. The average molecular weight is 283 g/mol. The van der Waals surface area contributed by atoms with Gasteiger partial charge in [0.1, 0.15) is 5.75 Å². The minimum atomic E-state index is -0.0657. The zero-order chi connectivity index (χ0) is 14.6. The van der Waals surface area contributed by atoms with Crippen molar-refractivity contribution in [3.8, 4) is 17.2 Å². The molecule has 2 heterocycles. The van der Waals surface area contributed by atoms with Gasteiger partial charge in [0.05, 0.1) is 18.0 Å². The van der Waals surface area contributed by atoms with Crippen LogP contribution in [0.2, 0.25) is 0 Å². The first kappa shape index (κ1) is 12.1. The van der Waals surface area contributed by atoms with E-state index in [1.165, 1.54) is 0 Å². The van der Waals surface area contributed by atoms with Crippen LogP contribution in [0, 0.1) is 0 Å². The fourth-order valence-corrected chi connectivity index (χ4v) is 2.78. The molecule has 3 aromatic rings. The molecule has 106 valence electrons. The van der Waals surface area contributed by atoms with Crippen LogP contribution in [0.5, 0.6) is 17.2 Å². The van der Waals surface area contributed by atoms with Crippen molar-refractivity contribution in [2.75, 3.05) is 13.9 Å². The van der Waals surface area contributed by atoms with Crippen LogP contribution in [-0.4, -0.2) is 18.5 Å². The molecule has 0 atom stereocenters. The van der Waals surface area contributed by atoms with Crippen LogP contribution in [0.4, 0.5) is 0 Å². The number of benzene rings is 2. The fraction of sp³-hybridized carbons (Fsp3) is 0.188. The van der Waals surface area contributed by atoms with E-state index in [1.54, 1.807) is 24.8 Å². The molecule has 0 aliphatic carbocycles. The van der Waals surface area contributed by atoms with Gasteiger partial charge in [-0.05, 0) is 24.3 Å². The molecule has 0 radical (unpaired) electrons. The van der Waals surface area contributed by atoms with E-state index >= 15 is 0 Å². The zero-order valence-electron chi connectivity index (χ0n) is 11.7. The van der Waals surface area contributed by atoms with Crippen LogP contribution in [0.1, 0.15) is 0 Å². The summed E-state index contributed by atoms with van der Waals surface area (Å²) in [6.07, 6.45) is 0. The highest BCUT2D eigenvalue weighted by molar-refractivity contribution is 6.07. The molecular formula is C16H13NO4. The maximum Gasteiger partial charge on any atom is 0.258 e. The van der Waals surface area contributed by atoms with Gasteiger partial charge in [-0.1, -0.05) is 0 Å². The number of hydrogen-bond acceptors (Lipinski definition) is 4. The summed E-state index contributed by atoms with van der Waals surface area (Å²) in [5.41, 5.74) is 0.759. The average Bonchev–Trinajstić information content (AvgIpc) is 2.98. The Balaban J connectivity index is 2.21. The molecule has 1 aliphatic rings. The molecule has 21 heavy (non-hydrogen) atoms. The van der Waals surface area contributed by atoms with Gasteiger partial charge in [0.25, 0.3) is 5.56 Å².